The molecule has 182 valence electrons. The second kappa shape index (κ2) is 8.30. The topological polar surface area (TPSA) is 42.4 Å². The predicted molar refractivity (Wildman–Crippen MR) is 136 cm³/mol. The first-order valence-corrected chi connectivity index (χ1v) is 15.5. The number of Topliss-reactive ketones (excluding diaryl/α,β-unsaturated/α-hetero) is 1. The van der Waals surface area contributed by atoms with Gasteiger partial charge in [0, 0.05) is 25.9 Å². The summed E-state index contributed by atoms with van der Waals surface area (Å²) in [4.78, 5) is 20.5. The Morgan fingerprint density at radius 2 is 1.85 bits per heavy atom. The van der Waals surface area contributed by atoms with Crippen molar-refractivity contribution in [2.45, 2.75) is 97.4 Å². The third kappa shape index (κ3) is 4.57. The van der Waals surface area contributed by atoms with Crippen molar-refractivity contribution in [1.29, 1.82) is 0 Å². The van der Waals surface area contributed by atoms with E-state index in [1.807, 2.05) is 12.2 Å². The van der Waals surface area contributed by atoms with E-state index in [2.05, 4.69) is 52.6 Å². The van der Waals surface area contributed by atoms with Crippen molar-refractivity contribution in [3.63, 3.8) is 0 Å². The number of hydrogen-bond acceptors (Lipinski definition) is 4. The van der Waals surface area contributed by atoms with Crippen LogP contribution < -0.4 is 4.90 Å². The van der Waals surface area contributed by atoms with Crippen LogP contribution in [0.1, 0.15) is 78.0 Å². The van der Waals surface area contributed by atoms with E-state index in [9.17, 15) is 9.18 Å². The van der Waals surface area contributed by atoms with Crippen molar-refractivity contribution >= 4 is 26.0 Å². The van der Waals surface area contributed by atoms with Gasteiger partial charge in [-0.05, 0) is 60.9 Å². The largest absolute Gasteiger partial charge is 0.413 e. The summed E-state index contributed by atoms with van der Waals surface area (Å²) < 4.78 is 21.7. The van der Waals surface area contributed by atoms with Gasteiger partial charge in [-0.15, -0.1) is 0 Å². The molecule has 0 radical (unpaired) electrons. The molecule has 6 heteroatoms. The van der Waals surface area contributed by atoms with Gasteiger partial charge in [-0.3, -0.25) is 4.79 Å². The molecule has 3 aliphatic rings. The zero-order chi connectivity index (χ0) is 24.2. The smallest absolute Gasteiger partial charge is 0.192 e. The minimum atomic E-state index is -1.99. The van der Waals surface area contributed by atoms with Crippen molar-refractivity contribution < 1.29 is 13.6 Å². The van der Waals surface area contributed by atoms with Crippen molar-refractivity contribution in [3.05, 3.63) is 29.2 Å². The summed E-state index contributed by atoms with van der Waals surface area (Å²) in [5.41, 5.74) is 0.950. The molecule has 0 N–H and O–H groups in total. The Morgan fingerprint density at radius 1 is 1.18 bits per heavy atom. The average Bonchev–Trinajstić information content (AvgIpc) is 2.71. The third-order valence-electron chi connectivity index (χ3n) is 8.60. The van der Waals surface area contributed by atoms with E-state index in [4.69, 9.17) is 9.41 Å². The number of piperidine rings is 1. The van der Waals surface area contributed by atoms with Crippen molar-refractivity contribution in [2.24, 2.45) is 10.8 Å². The minimum absolute atomic E-state index is 0.0728. The Hall–Kier alpha value is -1.53. The lowest BCUT2D eigenvalue weighted by molar-refractivity contribution is -0.138. The van der Waals surface area contributed by atoms with E-state index in [1.165, 1.54) is 6.42 Å². The van der Waals surface area contributed by atoms with Gasteiger partial charge in [-0.25, -0.2) is 9.37 Å². The van der Waals surface area contributed by atoms with Gasteiger partial charge in [0.05, 0.1) is 17.2 Å². The fourth-order valence-corrected chi connectivity index (χ4v) is 6.94. The number of halogens is 1. The second-order valence-electron chi connectivity index (χ2n) is 12.7. The van der Waals surface area contributed by atoms with Gasteiger partial charge in [0.1, 0.15) is 5.78 Å². The van der Waals surface area contributed by atoms with Gasteiger partial charge in [0.15, 0.2) is 20.0 Å². The van der Waals surface area contributed by atoms with Crippen LogP contribution in [0.25, 0.3) is 6.08 Å². The Morgan fingerprint density at radius 3 is 2.48 bits per heavy atom. The van der Waals surface area contributed by atoms with Crippen LogP contribution in [-0.2, 0) is 15.6 Å². The lowest BCUT2D eigenvalue weighted by Gasteiger charge is -2.51. The van der Waals surface area contributed by atoms with E-state index >= 15 is 0 Å². The summed E-state index contributed by atoms with van der Waals surface area (Å²) in [6.45, 7) is 17.4. The standard InChI is InChI=1S/C27H41FN2O2Si/c1-25(2,3)33(6,7)32-23-16-22(31)27(18-26(23,4)5)12-11-19-15-20(28)24(29-21(19)17-27)30-13-9-8-10-14-30/h11-12,15,23H,8-10,13-14,16-18H2,1-7H3/t23?,27-/m1/s1. The summed E-state index contributed by atoms with van der Waals surface area (Å²) in [7, 11) is -1.99. The molecule has 2 atom stereocenters. The highest BCUT2D eigenvalue weighted by molar-refractivity contribution is 6.74. The number of allylic oxidation sites excluding steroid dienone is 1. The average molecular weight is 473 g/mol. The number of ketones is 1. The van der Waals surface area contributed by atoms with E-state index < -0.39 is 13.7 Å². The SMILES string of the molecule is CC1(C)C[C@]2(C=Cc3cc(F)c(N4CCCCC4)nc3C2)C(=O)CC1O[Si](C)(C)C(C)(C)C. The van der Waals surface area contributed by atoms with Gasteiger partial charge in [0.2, 0.25) is 0 Å². The fourth-order valence-electron chi connectivity index (χ4n) is 5.47. The van der Waals surface area contributed by atoms with E-state index in [-0.39, 0.29) is 28.2 Å². The summed E-state index contributed by atoms with van der Waals surface area (Å²) >= 11 is 0. The van der Waals surface area contributed by atoms with Crippen molar-refractivity contribution in [3.8, 4) is 0 Å². The van der Waals surface area contributed by atoms with Gasteiger partial charge >= 0.3 is 0 Å². The number of carbonyl (C=O) groups excluding carboxylic acids is 1. The maximum atomic E-state index is 14.9. The van der Waals surface area contributed by atoms with Gasteiger partial charge in [-0.1, -0.05) is 46.8 Å². The fraction of sp³-hybridized carbons (Fsp3) is 0.704. The molecule has 1 saturated carbocycles. The number of anilines is 1. The molecular weight excluding hydrogens is 431 g/mol. The summed E-state index contributed by atoms with van der Waals surface area (Å²) in [6.07, 6.45) is 8.93. The molecule has 4 nitrogen and oxygen atoms in total. The van der Waals surface area contributed by atoms with Crippen LogP contribution in [-0.4, -0.2) is 38.3 Å². The summed E-state index contributed by atoms with van der Waals surface area (Å²) in [5, 5.41) is 0.101. The van der Waals surface area contributed by atoms with Crippen molar-refractivity contribution in [1.82, 2.24) is 4.98 Å². The van der Waals surface area contributed by atoms with Crippen LogP contribution in [0.15, 0.2) is 12.1 Å². The first-order chi connectivity index (χ1) is 15.2. The molecule has 2 heterocycles. The minimum Gasteiger partial charge on any atom is -0.413 e. The van der Waals surface area contributed by atoms with Gasteiger partial charge in [-0.2, -0.15) is 0 Å². The zero-order valence-electron chi connectivity index (χ0n) is 21.6. The normalized spacial score (nSPS) is 27.7. The van der Waals surface area contributed by atoms with E-state index in [0.29, 0.717) is 18.7 Å². The summed E-state index contributed by atoms with van der Waals surface area (Å²) in [6, 6.07) is 1.61. The van der Waals surface area contributed by atoms with Crippen LogP contribution in [0, 0.1) is 16.6 Å². The molecule has 2 aliphatic carbocycles. The number of aromatic nitrogens is 1. The maximum absolute atomic E-state index is 14.9. The molecule has 1 aliphatic heterocycles. The summed E-state index contributed by atoms with van der Waals surface area (Å²) in [5.74, 6) is 0.438. The molecule has 33 heavy (non-hydrogen) atoms. The molecule has 1 unspecified atom stereocenters. The van der Waals surface area contributed by atoms with E-state index in [0.717, 1.165) is 43.6 Å². The number of hydrogen-bond donors (Lipinski definition) is 0. The van der Waals surface area contributed by atoms with Crippen LogP contribution >= 0.6 is 0 Å². The first-order valence-electron chi connectivity index (χ1n) is 12.6. The van der Waals surface area contributed by atoms with Crippen LogP contribution in [0.5, 0.6) is 0 Å². The molecule has 4 rings (SSSR count). The molecule has 1 aromatic rings. The molecule has 1 spiro atoms. The highest BCUT2D eigenvalue weighted by Gasteiger charge is 2.53. The zero-order valence-corrected chi connectivity index (χ0v) is 22.6. The third-order valence-corrected chi connectivity index (χ3v) is 13.1. The van der Waals surface area contributed by atoms with Crippen LogP contribution in [0.3, 0.4) is 0 Å². The van der Waals surface area contributed by atoms with E-state index in [1.54, 1.807) is 6.07 Å². The number of nitrogens with zero attached hydrogens (tertiary/aromatic N) is 2. The number of rotatable bonds is 3. The molecule has 1 saturated heterocycles. The molecule has 0 aromatic carbocycles. The highest BCUT2D eigenvalue weighted by Crippen LogP contribution is 2.52. The van der Waals surface area contributed by atoms with Crippen LogP contribution in [0.4, 0.5) is 10.2 Å². The van der Waals surface area contributed by atoms with Gasteiger partial charge in [0.25, 0.3) is 0 Å². The second-order valence-corrected chi connectivity index (χ2v) is 17.5. The number of pyridine rings is 1. The number of carbonyl (C=O) groups is 1. The number of fused-ring (bicyclic) bond motifs is 1. The lowest BCUT2D eigenvalue weighted by Crippen LogP contribution is -2.55. The molecule has 0 amide bonds. The lowest BCUT2D eigenvalue weighted by atomic mass is 9.58. The van der Waals surface area contributed by atoms with Gasteiger partial charge < -0.3 is 9.33 Å². The van der Waals surface area contributed by atoms with Crippen LogP contribution in [0.2, 0.25) is 18.1 Å². The first kappa shape index (κ1) is 24.6. The van der Waals surface area contributed by atoms with Crippen molar-refractivity contribution in [2.75, 3.05) is 18.0 Å². The Labute approximate surface area is 200 Å². The monoisotopic (exact) mass is 472 g/mol. The molecule has 1 aromatic heterocycles. The molecule has 0 bridgehead atoms. The predicted octanol–water partition coefficient (Wildman–Crippen LogP) is 6.55. The molecule has 2 fully saturated rings. The Balaban J connectivity index is 1.60. The highest BCUT2D eigenvalue weighted by atomic mass is 28.4. The quantitative estimate of drug-likeness (QED) is 0.468. The Kier molecular flexibility index (Phi) is 6.18. The molecular formula is C27H41FN2O2Si. The maximum Gasteiger partial charge on any atom is 0.192 e. The Bertz CT molecular complexity index is 960.